The maximum absolute atomic E-state index is 11.9. The average molecular weight is 320 g/mol. The van der Waals surface area contributed by atoms with Crippen LogP contribution >= 0.6 is 0 Å². The van der Waals surface area contributed by atoms with Crippen molar-refractivity contribution < 1.29 is 23.1 Å². The van der Waals surface area contributed by atoms with E-state index in [1.54, 1.807) is 20.8 Å². The van der Waals surface area contributed by atoms with Crippen molar-refractivity contribution in [3.63, 3.8) is 0 Å². The first kappa shape index (κ1) is 16.5. The number of β-amino-alcohol motifs (C(OH)–C–C–N with tert-alkyl or cyclic N) is 1. The zero-order chi connectivity index (χ0) is 16.1. The monoisotopic (exact) mass is 320 g/mol. The molecule has 0 radical (unpaired) electrons. The molecule has 2 saturated heterocycles. The molecule has 0 aliphatic carbocycles. The van der Waals surface area contributed by atoms with Gasteiger partial charge in [0, 0.05) is 0 Å². The van der Waals surface area contributed by atoms with E-state index in [1.165, 1.54) is 4.90 Å². The number of nitrogens with zero attached hydrogens (tertiary/aromatic N) is 1. The number of likely N-dealkylation sites (tertiary alicyclic amines) is 1. The van der Waals surface area contributed by atoms with Gasteiger partial charge in [0.05, 0.1) is 30.1 Å². The highest BCUT2D eigenvalue weighted by molar-refractivity contribution is 7.91. The van der Waals surface area contributed by atoms with E-state index >= 15 is 0 Å². The minimum atomic E-state index is -3.05. The minimum Gasteiger partial charge on any atom is -0.444 e. The molecule has 0 atom stereocenters. The molecule has 0 aromatic rings. The third-order valence-corrected chi connectivity index (χ3v) is 5.85. The van der Waals surface area contributed by atoms with Crippen LogP contribution in [0.25, 0.3) is 0 Å². The molecule has 2 aliphatic heterocycles. The van der Waals surface area contributed by atoms with Crippen molar-refractivity contribution in [3.05, 3.63) is 0 Å². The summed E-state index contributed by atoms with van der Waals surface area (Å²) in [4.78, 5) is 13.3. The van der Waals surface area contributed by atoms with E-state index in [2.05, 4.69) is 0 Å². The first-order valence-electron chi connectivity index (χ1n) is 7.06. The van der Waals surface area contributed by atoms with E-state index in [9.17, 15) is 18.3 Å². The smallest absolute Gasteiger partial charge is 0.410 e. The first-order chi connectivity index (χ1) is 9.36. The molecule has 0 unspecified atom stereocenters. The van der Waals surface area contributed by atoms with Gasteiger partial charge in [0.2, 0.25) is 0 Å². The Morgan fingerprint density at radius 2 is 1.71 bits per heavy atom. The van der Waals surface area contributed by atoms with Crippen molar-refractivity contribution in [1.82, 2.24) is 4.90 Å². The number of ether oxygens (including phenoxy) is 1. The van der Waals surface area contributed by atoms with E-state index < -0.39 is 32.7 Å². The second-order valence-corrected chi connectivity index (χ2v) is 9.48. The van der Waals surface area contributed by atoms with Crippen molar-refractivity contribution in [3.8, 4) is 0 Å². The zero-order valence-corrected chi connectivity index (χ0v) is 13.6. The largest absolute Gasteiger partial charge is 0.444 e. The zero-order valence-electron chi connectivity index (χ0n) is 12.8. The van der Waals surface area contributed by atoms with Gasteiger partial charge >= 0.3 is 6.09 Å². The lowest BCUT2D eigenvalue weighted by Crippen LogP contribution is -2.78. The van der Waals surface area contributed by atoms with Crippen LogP contribution in [0.2, 0.25) is 0 Å². The van der Waals surface area contributed by atoms with Gasteiger partial charge < -0.3 is 20.5 Å². The molecule has 3 N–H and O–H groups in total. The number of rotatable bonds is 1. The van der Waals surface area contributed by atoms with Crippen LogP contribution in [0.3, 0.4) is 0 Å². The van der Waals surface area contributed by atoms with Gasteiger partial charge in [-0.3, -0.25) is 0 Å². The predicted octanol–water partition coefficient (Wildman–Crippen LogP) is -0.126. The number of aliphatic hydroxyl groups is 1. The molecule has 0 aromatic carbocycles. The van der Waals surface area contributed by atoms with Gasteiger partial charge in [-0.2, -0.15) is 0 Å². The van der Waals surface area contributed by atoms with Crippen LogP contribution in [0.4, 0.5) is 4.79 Å². The number of hydrogen-bond donors (Lipinski definition) is 2. The summed E-state index contributed by atoms with van der Waals surface area (Å²) in [5.74, 6) is -0.0313. The number of carbonyl (C=O) groups is 1. The van der Waals surface area contributed by atoms with E-state index in [-0.39, 0.29) is 37.4 Å². The summed E-state index contributed by atoms with van der Waals surface area (Å²) >= 11 is 0. The first-order valence-corrected chi connectivity index (χ1v) is 8.88. The summed E-state index contributed by atoms with van der Waals surface area (Å²) in [6.45, 7) is 5.48. The molecule has 21 heavy (non-hydrogen) atoms. The van der Waals surface area contributed by atoms with Gasteiger partial charge in [-0.05, 0) is 33.6 Å². The van der Waals surface area contributed by atoms with Crippen LogP contribution in [-0.2, 0) is 14.6 Å². The fourth-order valence-corrected chi connectivity index (χ4v) is 4.28. The molecular weight excluding hydrogens is 296 g/mol. The quantitative estimate of drug-likeness (QED) is 0.697. The van der Waals surface area contributed by atoms with Crippen molar-refractivity contribution in [2.24, 2.45) is 5.73 Å². The highest BCUT2D eigenvalue weighted by Crippen LogP contribution is 2.38. The maximum atomic E-state index is 11.9. The van der Waals surface area contributed by atoms with Gasteiger partial charge in [0.25, 0.3) is 0 Å². The number of hydrogen-bond acceptors (Lipinski definition) is 6. The Morgan fingerprint density at radius 1 is 1.24 bits per heavy atom. The molecule has 8 heteroatoms. The molecule has 2 fully saturated rings. The lowest BCUT2D eigenvalue weighted by molar-refractivity contribution is -0.143. The normalized spacial score (nSPS) is 26.8. The van der Waals surface area contributed by atoms with E-state index in [4.69, 9.17) is 10.5 Å². The summed E-state index contributed by atoms with van der Waals surface area (Å²) in [6, 6.07) is 0. The standard InChI is InChI=1S/C13H24N2O5S/c1-11(2,3)20-10(16)15-8-13(17,9-15)12(14)4-6-21(18,19)7-5-12/h17H,4-9,14H2,1-3H3. The summed E-state index contributed by atoms with van der Waals surface area (Å²) < 4.78 is 28.2. The van der Waals surface area contributed by atoms with Crippen LogP contribution < -0.4 is 5.73 Å². The third kappa shape index (κ3) is 3.32. The van der Waals surface area contributed by atoms with Crippen molar-refractivity contribution in [2.75, 3.05) is 24.6 Å². The molecule has 2 aliphatic rings. The summed E-state index contributed by atoms with van der Waals surface area (Å²) in [5.41, 5.74) is 3.43. The van der Waals surface area contributed by atoms with Gasteiger partial charge in [0.1, 0.15) is 21.0 Å². The third-order valence-electron chi connectivity index (χ3n) is 4.20. The Hall–Kier alpha value is -0.860. The molecule has 122 valence electrons. The summed E-state index contributed by atoms with van der Waals surface area (Å²) in [5, 5.41) is 10.6. The molecule has 0 aromatic heterocycles. The Kier molecular flexibility index (Phi) is 3.79. The molecule has 2 heterocycles. The van der Waals surface area contributed by atoms with E-state index in [0.29, 0.717) is 0 Å². The number of sulfone groups is 1. The Balaban J connectivity index is 1.97. The molecule has 0 saturated carbocycles. The summed E-state index contributed by atoms with van der Waals surface area (Å²) in [7, 11) is -3.05. The Morgan fingerprint density at radius 3 is 2.14 bits per heavy atom. The van der Waals surface area contributed by atoms with Gasteiger partial charge in [-0.1, -0.05) is 0 Å². The van der Waals surface area contributed by atoms with Crippen LogP contribution in [0.1, 0.15) is 33.6 Å². The maximum Gasteiger partial charge on any atom is 0.410 e. The van der Waals surface area contributed by atoms with Crippen molar-refractivity contribution in [1.29, 1.82) is 0 Å². The highest BCUT2D eigenvalue weighted by Gasteiger charge is 2.58. The molecular formula is C13H24N2O5S. The van der Waals surface area contributed by atoms with E-state index in [1.807, 2.05) is 0 Å². The second kappa shape index (κ2) is 4.82. The topological polar surface area (TPSA) is 110 Å². The van der Waals surface area contributed by atoms with E-state index in [0.717, 1.165) is 0 Å². The Bertz CT molecular complexity index is 517. The van der Waals surface area contributed by atoms with Crippen LogP contribution in [0.15, 0.2) is 0 Å². The summed E-state index contributed by atoms with van der Waals surface area (Å²) in [6.07, 6.45) is -0.0543. The van der Waals surface area contributed by atoms with Crippen LogP contribution in [0.5, 0.6) is 0 Å². The SMILES string of the molecule is CC(C)(C)OC(=O)N1CC(O)(C2(N)CCS(=O)(=O)CC2)C1. The van der Waals surface area contributed by atoms with Crippen molar-refractivity contribution >= 4 is 15.9 Å². The fourth-order valence-electron chi connectivity index (χ4n) is 2.72. The van der Waals surface area contributed by atoms with Gasteiger partial charge in [-0.15, -0.1) is 0 Å². The molecule has 0 bridgehead atoms. The predicted molar refractivity (Wildman–Crippen MR) is 77.6 cm³/mol. The molecule has 2 rings (SSSR count). The van der Waals surface area contributed by atoms with Crippen LogP contribution in [-0.4, -0.2) is 65.9 Å². The fraction of sp³-hybridized carbons (Fsp3) is 0.923. The Labute approximate surface area is 125 Å². The number of nitrogens with two attached hydrogens (primary N) is 1. The second-order valence-electron chi connectivity index (χ2n) is 7.18. The average Bonchev–Trinajstić information content (AvgIpc) is 2.27. The number of carbonyl (C=O) groups excluding carboxylic acids is 1. The van der Waals surface area contributed by atoms with Gasteiger partial charge in [-0.25, -0.2) is 13.2 Å². The lowest BCUT2D eigenvalue weighted by Gasteiger charge is -2.56. The lowest BCUT2D eigenvalue weighted by atomic mass is 9.71. The molecule has 7 nitrogen and oxygen atoms in total. The minimum absolute atomic E-state index is 0.0156. The highest BCUT2D eigenvalue weighted by atomic mass is 32.2. The van der Waals surface area contributed by atoms with Crippen molar-refractivity contribution in [2.45, 2.75) is 50.4 Å². The van der Waals surface area contributed by atoms with Crippen LogP contribution in [0, 0.1) is 0 Å². The number of amides is 1. The molecule has 1 amide bonds. The molecule has 0 spiro atoms. The van der Waals surface area contributed by atoms with Gasteiger partial charge in [0.15, 0.2) is 0 Å².